The number of hydrogen-bond acceptors (Lipinski definition) is 7. The maximum atomic E-state index is 12.4. The third-order valence-corrected chi connectivity index (χ3v) is 5.03. The van der Waals surface area contributed by atoms with E-state index in [4.69, 9.17) is 14.0 Å². The van der Waals surface area contributed by atoms with E-state index in [-0.39, 0.29) is 13.1 Å². The quantitative estimate of drug-likeness (QED) is 0.630. The van der Waals surface area contributed by atoms with Gasteiger partial charge in [-0.25, -0.2) is 0 Å². The van der Waals surface area contributed by atoms with Crippen molar-refractivity contribution in [3.05, 3.63) is 65.4 Å². The monoisotopic (exact) mass is 419 g/mol. The second kappa shape index (κ2) is 7.60. The van der Waals surface area contributed by atoms with E-state index in [1.165, 1.54) is 0 Å². The average Bonchev–Trinajstić information content (AvgIpc) is 3.37. The van der Waals surface area contributed by atoms with E-state index in [1.807, 2.05) is 6.07 Å². The van der Waals surface area contributed by atoms with Gasteiger partial charge in [0.2, 0.25) is 5.91 Å². The summed E-state index contributed by atoms with van der Waals surface area (Å²) in [5, 5.41) is 6.62. The molecule has 0 aliphatic carbocycles. The highest BCUT2D eigenvalue weighted by Crippen LogP contribution is 2.34. The number of fused-ring (bicyclic) bond motifs is 2. The summed E-state index contributed by atoms with van der Waals surface area (Å²) in [6.07, 6.45) is 0. The number of rotatable bonds is 5. The Bertz CT molecular complexity index is 1170. The first-order chi connectivity index (χ1) is 15.1. The number of ether oxygens (including phenoxy) is 2. The Hall–Kier alpha value is -4.14. The zero-order valence-electron chi connectivity index (χ0n) is 16.3. The van der Waals surface area contributed by atoms with Gasteiger partial charge in [0.25, 0.3) is 11.8 Å². The Kier molecular flexibility index (Phi) is 4.62. The molecule has 9 heteroatoms. The zero-order valence-corrected chi connectivity index (χ0v) is 16.3. The summed E-state index contributed by atoms with van der Waals surface area (Å²) in [7, 11) is 0. The van der Waals surface area contributed by atoms with E-state index < -0.39 is 17.7 Å². The summed E-state index contributed by atoms with van der Waals surface area (Å²) in [6.45, 7) is 0.728. The number of imide groups is 1. The summed E-state index contributed by atoms with van der Waals surface area (Å²) in [5.74, 6) is 0.405. The molecule has 156 valence electrons. The van der Waals surface area contributed by atoms with Gasteiger partial charge in [-0.2, -0.15) is 0 Å². The SMILES string of the molecule is O=C(CN1C(=O)c2ccccc2C1=O)NCc1cc(-c2ccc3c(c2)OCCO3)on1. The molecule has 0 spiro atoms. The molecular weight excluding hydrogens is 402 g/mol. The highest BCUT2D eigenvalue weighted by molar-refractivity contribution is 6.22. The number of aromatic nitrogens is 1. The average molecular weight is 419 g/mol. The van der Waals surface area contributed by atoms with Gasteiger partial charge in [-0.1, -0.05) is 17.3 Å². The normalized spacial score (nSPS) is 14.5. The molecule has 2 aliphatic heterocycles. The molecule has 31 heavy (non-hydrogen) atoms. The van der Waals surface area contributed by atoms with E-state index in [0.717, 1.165) is 10.5 Å². The molecule has 0 unspecified atom stereocenters. The molecule has 2 aliphatic rings. The third-order valence-electron chi connectivity index (χ3n) is 5.03. The fourth-order valence-electron chi connectivity index (χ4n) is 3.50. The van der Waals surface area contributed by atoms with Crippen LogP contribution in [-0.2, 0) is 11.3 Å². The molecule has 1 N–H and O–H groups in total. The smallest absolute Gasteiger partial charge is 0.262 e. The fourth-order valence-corrected chi connectivity index (χ4v) is 3.50. The molecule has 9 nitrogen and oxygen atoms in total. The van der Waals surface area contributed by atoms with Crippen molar-refractivity contribution in [1.82, 2.24) is 15.4 Å². The van der Waals surface area contributed by atoms with E-state index in [0.29, 0.717) is 47.3 Å². The van der Waals surface area contributed by atoms with E-state index >= 15 is 0 Å². The van der Waals surface area contributed by atoms with Gasteiger partial charge >= 0.3 is 0 Å². The van der Waals surface area contributed by atoms with Crippen LogP contribution in [0.1, 0.15) is 26.4 Å². The maximum absolute atomic E-state index is 12.4. The number of carbonyl (C=O) groups excluding carboxylic acids is 3. The van der Waals surface area contributed by atoms with Gasteiger partial charge in [0.15, 0.2) is 17.3 Å². The van der Waals surface area contributed by atoms with Gasteiger partial charge in [0, 0.05) is 11.6 Å². The largest absolute Gasteiger partial charge is 0.486 e. The Labute approximate surface area is 176 Å². The minimum absolute atomic E-state index is 0.0933. The lowest BCUT2D eigenvalue weighted by Crippen LogP contribution is -2.40. The number of benzene rings is 2. The van der Waals surface area contributed by atoms with Crippen LogP contribution in [-0.4, -0.2) is 47.5 Å². The van der Waals surface area contributed by atoms with E-state index in [1.54, 1.807) is 42.5 Å². The lowest BCUT2D eigenvalue weighted by molar-refractivity contribution is -0.121. The van der Waals surface area contributed by atoms with Crippen LogP contribution in [0.15, 0.2) is 53.1 Å². The van der Waals surface area contributed by atoms with Crippen LogP contribution in [0.4, 0.5) is 0 Å². The minimum atomic E-state index is -0.474. The van der Waals surface area contributed by atoms with Crippen molar-refractivity contribution in [2.24, 2.45) is 0 Å². The highest BCUT2D eigenvalue weighted by Gasteiger charge is 2.36. The number of nitrogens with one attached hydrogen (secondary N) is 1. The van der Waals surface area contributed by atoms with Gasteiger partial charge in [0.1, 0.15) is 25.5 Å². The Morgan fingerprint density at radius 2 is 1.68 bits per heavy atom. The minimum Gasteiger partial charge on any atom is -0.486 e. The van der Waals surface area contributed by atoms with Crippen LogP contribution in [0.3, 0.4) is 0 Å². The van der Waals surface area contributed by atoms with Crippen molar-refractivity contribution in [2.75, 3.05) is 19.8 Å². The fraction of sp³-hybridized carbons (Fsp3) is 0.182. The van der Waals surface area contributed by atoms with Gasteiger partial charge in [-0.3, -0.25) is 19.3 Å². The number of carbonyl (C=O) groups is 3. The first-order valence-electron chi connectivity index (χ1n) is 9.68. The molecule has 2 aromatic carbocycles. The van der Waals surface area contributed by atoms with Crippen LogP contribution in [0.5, 0.6) is 11.5 Å². The molecule has 3 heterocycles. The molecule has 0 saturated heterocycles. The van der Waals surface area contributed by atoms with Crippen molar-refractivity contribution < 1.29 is 28.4 Å². The lowest BCUT2D eigenvalue weighted by atomic mass is 10.1. The van der Waals surface area contributed by atoms with Crippen LogP contribution in [0, 0.1) is 0 Å². The molecule has 0 atom stereocenters. The van der Waals surface area contributed by atoms with Crippen molar-refractivity contribution in [2.45, 2.75) is 6.54 Å². The first kappa shape index (κ1) is 18.9. The number of amides is 3. The molecule has 0 saturated carbocycles. The number of hydrogen-bond donors (Lipinski definition) is 1. The maximum Gasteiger partial charge on any atom is 0.262 e. The molecule has 3 aromatic rings. The van der Waals surface area contributed by atoms with Crippen molar-refractivity contribution in [3.63, 3.8) is 0 Å². The number of nitrogens with zero attached hydrogens (tertiary/aromatic N) is 2. The Balaban J connectivity index is 1.21. The lowest BCUT2D eigenvalue weighted by Gasteiger charge is -2.18. The van der Waals surface area contributed by atoms with Crippen molar-refractivity contribution >= 4 is 17.7 Å². The summed E-state index contributed by atoms with van der Waals surface area (Å²) >= 11 is 0. The molecule has 0 bridgehead atoms. The summed E-state index contributed by atoms with van der Waals surface area (Å²) in [4.78, 5) is 38.0. The summed E-state index contributed by atoms with van der Waals surface area (Å²) in [5.41, 5.74) is 1.88. The van der Waals surface area contributed by atoms with Crippen molar-refractivity contribution in [3.8, 4) is 22.8 Å². The molecule has 0 fully saturated rings. The predicted molar refractivity (Wildman–Crippen MR) is 107 cm³/mol. The second-order valence-corrected chi connectivity index (χ2v) is 7.06. The third kappa shape index (κ3) is 3.50. The van der Waals surface area contributed by atoms with E-state index in [9.17, 15) is 14.4 Å². The van der Waals surface area contributed by atoms with Crippen molar-refractivity contribution in [1.29, 1.82) is 0 Å². The summed E-state index contributed by atoms with van der Waals surface area (Å²) < 4.78 is 16.4. The standard InChI is InChI=1S/C22H17N3O6/c26-20(12-25-21(27)15-3-1-2-4-16(15)22(25)28)23-11-14-10-18(31-24-14)13-5-6-17-19(9-13)30-8-7-29-17/h1-6,9-10H,7-8,11-12H2,(H,23,26). The molecule has 3 amide bonds. The zero-order chi connectivity index (χ0) is 21.4. The molecular formula is C22H17N3O6. The summed E-state index contributed by atoms with van der Waals surface area (Å²) in [6, 6.07) is 13.6. The van der Waals surface area contributed by atoms with Gasteiger partial charge in [0.05, 0.1) is 17.7 Å². The van der Waals surface area contributed by atoms with Gasteiger partial charge < -0.3 is 19.3 Å². The molecule has 1 aromatic heterocycles. The van der Waals surface area contributed by atoms with E-state index in [2.05, 4.69) is 10.5 Å². The van der Waals surface area contributed by atoms with Gasteiger partial charge in [-0.15, -0.1) is 0 Å². The van der Waals surface area contributed by atoms with Crippen LogP contribution in [0.25, 0.3) is 11.3 Å². The predicted octanol–water partition coefficient (Wildman–Crippen LogP) is 2.03. The van der Waals surface area contributed by atoms with Crippen LogP contribution < -0.4 is 14.8 Å². The topological polar surface area (TPSA) is 111 Å². The first-order valence-corrected chi connectivity index (χ1v) is 9.68. The molecule has 5 rings (SSSR count). The van der Waals surface area contributed by atoms with Gasteiger partial charge in [-0.05, 0) is 30.3 Å². The highest BCUT2D eigenvalue weighted by atomic mass is 16.6. The van der Waals surface area contributed by atoms with Crippen LogP contribution in [0.2, 0.25) is 0 Å². The Morgan fingerprint density at radius 3 is 2.42 bits per heavy atom. The Morgan fingerprint density at radius 1 is 0.968 bits per heavy atom. The molecule has 0 radical (unpaired) electrons. The second-order valence-electron chi connectivity index (χ2n) is 7.06. The van der Waals surface area contributed by atoms with Crippen LogP contribution >= 0.6 is 0 Å².